The number of nitrogens with zero attached hydrogens (tertiary/aromatic N) is 1. The van der Waals surface area contributed by atoms with E-state index in [0.717, 1.165) is 47.5 Å². The van der Waals surface area contributed by atoms with Gasteiger partial charge in [-0.05, 0) is 83.9 Å². The topological polar surface area (TPSA) is 70.4 Å². The van der Waals surface area contributed by atoms with E-state index in [0.29, 0.717) is 5.56 Å². The average Bonchev–Trinajstić information content (AvgIpc) is 2.90. The number of hydrogen-bond acceptors (Lipinski definition) is 4. The summed E-state index contributed by atoms with van der Waals surface area (Å²) in [6, 6.07) is 15.4. The fourth-order valence-corrected chi connectivity index (χ4v) is 6.92. The van der Waals surface area contributed by atoms with Gasteiger partial charge >= 0.3 is 5.97 Å². The standard InChI is InChI=1S/C33H39NO3S/c1-5-33(6-2,28-10-9-25(22(3)15-28)7-8-26-21-38-14-13-31(26)35)29-11-12-30(23(4)16-29)27-17-24(18-32(36)37)19-34-20-27/h7-12,15-17,19-20,26,31,35H,5-6,13-14,18,21H2,1-4H3,(H,36,37). The summed E-state index contributed by atoms with van der Waals surface area (Å²) in [6.07, 6.45) is 10.4. The summed E-state index contributed by atoms with van der Waals surface area (Å²) in [6.45, 7) is 8.82. The zero-order valence-electron chi connectivity index (χ0n) is 22.9. The fourth-order valence-electron chi connectivity index (χ4n) is 5.74. The number of benzene rings is 2. The van der Waals surface area contributed by atoms with Crippen LogP contribution in [-0.4, -0.2) is 38.8 Å². The van der Waals surface area contributed by atoms with E-state index >= 15 is 0 Å². The summed E-state index contributed by atoms with van der Waals surface area (Å²) in [7, 11) is 0. The largest absolute Gasteiger partial charge is 0.481 e. The number of pyridine rings is 1. The number of hydrogen-bond donors (Lipinski definition) is 2. The van der Waals surface area contributed by atoms with Gasteiger partial charge in [0.1, 0.15) is 0 Å². The molecule has 200 valence electrons. The van der Waals surface area contributed by atoms with Gasteiger partial charge in [0.15, 0.2) is 0 Å². The van der Waals surface area contributed by atoms with E-state index in [2.05, 4.69) is 81.2 Å². The summed E-state index contributed by atoms with van der Waals surface area (Å²) in [5.41, 5.74) is 8.85. The molecule has 0 spiro atoms. The van der Waals surface area contributed by atoms with Crippen molar-refractivity contribution in [1.82, 2.24) is 4.98 Å². The van der Waals surface area contributed by atoms with Crippen LogP contribution in [0.25, 0.3) is 17.2 Å². The summed E-state index contributed by atoms with van der Waals surface area (Å²) in [4.78, 5) is 15.5. The fraction of sp³-hybridized carbons (Fsp3) is 0.394. The molecule has 1 aromatic heterocycles. The molecule has 4 rings (SSSR count). The van der Waals surface area contributed by atoms with E-state index in [4.69, 9.17) is 5.11 Å². The van der Waals surface area contributed by atoms with Gasteiger partial charge in [-0.25, -0.2) is 0 Å². The molecule has 5 heteroatoms. The first kappa shape index (κ1) is 28.1. The van der Waals surface area contributed by atoms with Crippen LogP contribution in [0.2, 0.25) is 0 Å². The van der Waals surface area contributed by atoms with Gasteiger partial charge in [0.05, 0.1) is 12.5 Å². The van der Waals surface area contributed by atoms with Gasteiger partial charge in [-0.1, -0.05) is 62.4 Å². The van der Waals surface area contributed by atoms with Gasteiger partial charge < -0.3 is 10.2 Å². The van der Waals surface area contributed by atoms with Crippen LogP contribution >= 0.6 is 11.8 Å². The van der Waals surface area contributed by atoms with Crippen molar-refractivity contribution in [2.45, 2.75) is 64.9 Å². The van der Waals surface area contributed by atoms with Crippen LogP contribution in [0.4, 0.5) is 0 Å². The number of aryl methyl sites for hydroxylation is 2. The molecule has 38 heavy (non-hydrogen) atoms. The number of aliphatic hydroxyl groups excluding tert-OH is 1. The lowest BCUT2D eigenvalue weighted by Crippen LogP contribution is -2.26. The van der Waals surface area contributed by atoms with E-state index in [1.54, 1.807) is 12.4 Å². The van der Waals surface area contributed by atoms with Gasteiger partial charge in [0, 0.05) is 35.0 Å². The van der Waals surface area contributed by atoms with Gasteiger partial charge in [0.2, 0.25) is 0 Å². The third kappa shape index (κ3) is 6.05. The van der Waals surface area contributed by atoms with Crippen molar-refractivity contribution in [2.75, 3.05) is 11.5 Å². The molecule has 2 unspecified atom stereocenters. The number of aliphatic carboxylic acids is 1. The molecule has 2 aromatic carbocycles. The smallest absolute Gasteiger partial charge is 0.307 e. The molecule has 0 radical (unpaired) electrons. The molecule has 0 bridgehead atoms. The molecule has 0 amide bonds. The zero-order chi connectivity index (χ0) is 27.3. The van der Waals surface area contributed by atoms with E-state index in [-0.39, 0.29) is 23.9 Å². The maximum Gasteiger partial charge on any atom is 0.307 e. The van der Waals surface area contributed by atoms with Crippen molar-refractivity contribution in [2.24, 2.45) is 5.92 Å². The zero-order valence-corrected chi connectivity index (χ0v) is 23.7. The molecule has 2 atom stereocenters. The molecular formula is C33H39NO3S. The summed E-state index contributed by atoms with van der Waals surface area (Å²) in [5, 5.41) is 19.5. The van der Waals surface area contributed by atoms with Crippen LogP contribution in [0, 0.1) is 19.8 Å². The van der Waals surface area contributed by atoms with E-state index in [9.17, 15) is 9.90 Å². The third-order valence-corrected chi connectivity index (χ3v) is 9.30. The Labute approximate surface area is 231 Å². The molecule has 3 aromatic rings. The first-order valence-corrected chi connectivity index (χ1v) is 14.7. The Kier molecular flexibility index (Phi) is 9.11. The quantitative estimate of drug-likeness (QED) is 0.306. The highest BCUT2D eigenvalue weighted by Gasteiger charge is 2.31. The predicted molar refractivity (Wildman–Crippen MR) is 159 cm³/mol. The molecule has 1 saturated heterocycles. The second-order valence-electron chi connectivity index (χ2n) is 10.5. The molecule has 2 N–H and O–H groups in total. The summed E-state index contributed by atoms with van der Waals surface area (Å²) in [5.74, 6) is 1.40. The van der Waals surface area contributed by atoms with Gasteiger partial charge in [0.25, 0.3) is 0 Å². The van der Waals surface area contributed by atoms with Gasteiger partial charge in [-0.15, -0.1) is 0 Å². The molecule has 2 heterocycles. The van der Waals surface area contributed by atoms with E-state index in [1.807, 2.05) is 17.8 Å². The number of rotatable bonds is 9. The molecule has 1 aliphatic rings. The van der Waals surface area contributed by atoms with Crippen molar-refractivity contribution in [3.63, 3.8) is 0 Å². The van der Waals surface area contributed by atoms with Crippen molar-refractivity contribution in [3.8, 4) is 11.1 Å². The monoisotopic (exact) mass is 529 g/mol. The Balaban J connectivity index is 1.64. The Morgan fingerprint density at radius 1 is 1.05 bits per heavy atom. The van der Waals surface area contributed by atoms with E-state index < -0.39 is 5.97 Å². The molecular weight excluding hydrogens is 490 g/mol. The van der Waals surface area contributed by atoms with Crippen molar-refractivity contribution in [1.29, 1.82) is 0 Å². The number of aliphatic hydroxyl groups is 1. The maximum atomic E-state index is 11.2. The molecule has 0 aliphatic carbocycles. The number of carboxylic acid groups (broad SMARTS) is 1. The molecule has 1 fully saturated rings. The predicted octanol–water partition coefficient (Wildman–Crippen LogP) is 7.23. The lowest BCUT2D eigenvalue weighted by molar-refractivity contribution is -0.136. The average molecular weight is 530 g/mol. The van der Waals surface area contributed by atoms with Crippen LogP contribution in [0.15, 0.2) is 60.9 Å². The summed E-state index contributed by atoms with van der Waals surface area (Å²) >= 11 is 1.92. The normalized spacial score (nSPS) is 18.1. The summed E-state index contributed by atoms with van der Waals surface area (Å²) < 4.78 is 0. The van der Waals surface area contributed by atoms with Crippen molar-refractivity contribution >= 4 is 23.8 Å². The van der Waals surface area contributed by atoms with Crippen LogP contribution in [0.5, 0.6) is 0 Å². The van der Waals surface area contributed by atoms with Gasteiger partial charge in [-0.3, -0.25) is 9.78 Å². The number of thioether (sulfide) groups is 1. The van der Waals surface area contributed by atoms with Crippen LogP contribution < -0.4 is 0 Å². The minimum atomic E-state index is -0.853. The third-order valence-electron chi connectivity index (χ3n) is 8.16. The van der Waals surface area contributed by atoms with Crippen LogP contribution in [0.3, 0.4) is 0 Å². The van der Waals surface area contributed by atoms with Crippen LogP contribution in [-0.2, 0) is 16.6 Å². The van der Waals surface area contributed by atoms with Crippen LogP contribution in [0.1, 0.15) is 66.5 Å². The Morgan fingerprint density at radius 2 is 1.76 bits per heavy atom. The minimum Gasteiger partial charge on any atom is -0.481 e. The highest BCUT2D eigenvalue weighted by Crippen LogP contribution is 2.41. The first-order chi connectivity index (χ1) is 18.3. The number of carboxylic acids is 1. The Morgan fingerprint density at radius 3 is 2.39 bits per heavy atom. The highest BCUT2D eigenvalue weighted by atomic mass is 32.2. The molecule has 1 aliphatic heterocycles. The first-order valence-electron chi connectivity index (χ1n) is 13.6. The van der Waals surface area contributed by atoms with E-state index in [1.165, 1.54) is 22.3 Å². The second-order valence-corrected chi connectivity index (χ2v) is 11.6. The Hall–Kier alpha value is -2.89. The highest BCUT2D eigenvalue weighted by molar-refractivity contribution is 7.99. The van der Waals surface area contributed by atoms with Crippen molar-refractivity contribution in [3.05, 3.63) is 94.3 Å². The second kappa shape index (κ2) is 12.3. The number of carbonyl (C=O) groups is 1. The van der Waals surface area contributed by atoms with Gasteiger partial charge in [-0.2, -0.15) is 11.8 Å². The number of aromatic nitrogens is 1. The molecule has 4 nitrogen and oxygen atoms in total. The Bertz CT molecular complexity index is 1310. The lowest BCUT2D eigenvalue weighted by Gasteiger charge is -2.34. The maximum absolute atomic E-state index is 11.2. The lowest BCUT2D eigenvalue weighted by atomic mass is 9.69. The van der Waals surface area contributed by atoms with Crippen molar-refractivity contribution < 1.29 is 15.0 Å². The molecule has 0 saturated carbocycles. The minimum absolute atomic E-state index is 0.0303. The SMILES string of the molecule is CCC(CC)(c1ccc(C=CC2CSCCC2O)c(C)c1)c1ccc(-c2cncc(CC(=O)O)c2)c(C)c1.